The number of nitrogens with zero attached hydrogens (tertiary/aromatic N) is 2. The molecule has 0 saturated carbocycles. The van der Waals surface area contributed by atoms with Gasteiger partial charge in [0.1, 0.15) is 12.0 Å². The number of hydrogen-bond acceptors (Lipinski definition) is 7. The van der Waals surface area contributed by atoms with Crippen molar-refractivity contribution in [1.29, 1.82) is 0 Å². The van der Waals surface area contributed by atoms with Gasteiger partial charge in [0, 0.05) is 24.4 Å². The van der Waals surface area contributed by atoms with Crippen molar-refractivity contribution in [2.45, 2.75) is 45.5 Å². The van der Waals surface area contributed by atoms with E-state index in [1.165, 1.54) is 32.2 Å². The minimum atomic E-state index is -1.61. The number of carbonyl (C=O) groups is 1. The molecule has 2 heterocycles. The topological polar surface area (TPSA) is 132 Å². The minimum absolute atomic E-state index is 0.0262. The Bertz CT molecular complexity index is 858. The number of anilines is 3. The number of pyridine rings is 1. The molecule has 0 aliphatic rings. The quantitative estimate of drug-likeness (QED) is 0.461. The average Bonchev–Trinajstić information content (AvgIpc) is 2.60. The van der Waals surface area contributed by atoms with E-state index in [-0.39, 0.29) is 23.7 Å². The lowest BCUT2D eigenvalue weighted by molar-refractivity contribution is -0.00177. The van der Waals surface area contributed by atoms with E-state index in [0.29, 0.717) is 17.3 Å². The van der Waals surface area contributed by atoms with Crippen LogP contribution in [0.5, 0.6) is 0 Å². The molecule has 10 heteroatoms. The molecule has 0 saturated heterocycles. The number of nitrogens with one attached hydrogen (secondary N) is 4. The third-order valence-electron chi connectivity index (χ3n) is 3.74. The number of hydrogen-bond donors (Lipinski definition) is 5. The largest absolute Gasteiger partial charge is 0.387 e. The van der Waals surface area contributed by atoms with Crippen molar-refractivity contribution in [2.24, 2.45) is 0 Å². The number of H-pyrrole nitrogens is 1. The highest BCUT2D eigenvalue weighted by Gasteiger charge is 2.27. The van der Waals surface area contributed by atoms with Gasteiger partial charge in [-0.15, -0.1) is 0 Å². The van der Waals surface area contributed by atoms with Crippen LogP contribution in [0.3, 0.4) is 0 Å². The number of aliphatic hydroxyl groups is 1. The monoisotopic (exact) mass is 392 g/mol. The van der Waals surface area contributed by atoms with Gasteiger partial charge in [-0.3, -0.25) is 9.59 Å². The summed E-state index contributed by atoms with van der Waals surface area (Å²) in [5, 5.41) is 24.3. The highest BCUT2D eigenvalue weighted by Crippen LogP contribution is 2.22. The van der Waals surface area contributed by atoms with Crippen LogP contribution in [0, 0.1) is 0 Å². The molecular weight excluding hydrogens is 367 g/mol. The second-order valence-corrected chi connectivity index (χ2v) is 7.18. The summed E-state index contributed by atoms with van der Waals surface area (Å²) >= 11 is 0. The molecule has 2 aromatic rings. The van der Waals surface area contributed by atoms with Gasteiger partial charge in [-0.05, 0) is 33.8 Å². The normalized spacial score (nSPS) is 12.5. The predicted octanol–water partition coefficient (Wildman–Crippen LogP) is 1.57. The Kier molecular flexibility index (Phi) is 6.68. The smallest absolute Gasteiger partial charge is 0.264 e. The van der Waals surface area contributed by atoms with Crippen LogP contribution >= 0.6 is 0 Å². The molecule has 1 amide bonds. The Morgan fingerprint density at radius 1 is 1.32 bits per heavy atom. The zero-order valence-corrected chi connectivity index (χ0v) is 16.2. The SMILES string of the molecule is CC(C)Nc1cc(Nc2ccc(=O)[nH]n2)ncc1C(=O)NCC(F)C(C)(C)O. The van der Waals surface area contributed by atoms with Gasteiger partial charge < -0.3 is 21.1 Å². The third kappa shape index (κ3) is 6.02. The van der Waals surface area contributed by atoms with Crippen molar-refractivity contribution in [3.8, 4) is 0 Å². The van der Waals surface area contributed by atoms with Crippen LogP contribution in [-0.4, -0.2) is 50.6 Å². The molecule has 0 spiro atoms. The van der Waals surface area contributed by atoms with Gasteiger partial charge in [0.25, 0.3) is 11.5 Å². The van der Waals surface area contributed by atoms with Gasteiger partial charge in [0.05, 0.1) is 23.4 Å². The zero-order chi connectivity index (χ0) is 20.9. The van der Waals surface area contributed by atoms with Crippen molar-refractivity contribution in [1.82, 2.24) is 20.5 Å². The first-order valence-corrected chi connectivity index (χ1v) is 8.80. The highest BCUT2D eigenvalue weighted by atomic mass is 19.1. The summed E-state index contributed by atoms with van der Waals surface area (Å²) in [7, 11) is 0. The van der Waals surface area contributed by atoms with Gasteiger partial charge in [0.2, 0.25) is 0 Å². The molecule has 9 nitrogen and oxygen atoms in total. The second-order valence-electron chi connectivity index (χ2n) is 7.18. The lowest BCUT2D eigenvalue weighted by Crippen LogP contribution is -2.42. The summed E-state index contributed by atoms with van der Waals surface area (Å²) < 4.78 is 13.9. The molecule has 0 aliphatic heterocycles. The molecule has 2 rings (SSSR count). The first kappa shape index (κ1) is 21.3. The van der Waals surface area contributed by atoms with Gasteiger partial charge in [-0.2, -0.15) is 5.10 Å². The summed E-state index contributed by atoms with van der Waals surface area (Å²) in [6, 6.07) is 4.46. The Morgan fingerprint density at radius 3 is 2.61 bits per heavy atom. The lowest BCUT2D eigenvalue weighted by atomic mass is 10.0. The fourth-order valence-corrected chi connectivity index (χ4v) is 2.21. The number of alkyl halides is 1. The second kappa shape index (κ2) is 8.79. The van der Waals surface area contributed by atoms with E-state index in [1.807, 2.05) is 13.8 Å². The Labute approximate surface area is 161 Å². The van der Waals surface area contributed by atoms with Gasteiger partial charge >= 0.3 is 0 Å². The Morgan fingerprint density at radius 2 is 2.04 bits per heavy atom. The average molecular weight is 392 g/mol. The van der Waals surface area contributed by atoms with E-state index in [1.54, 1.807) is 6.07 Å². The summed E-state index contributed by atoms with van der Waals surface area (Å²) in [5.41, 5.74) is -1.16. The third-order valence-corrected chi connectivity index (χ3v) is 3.74. The zero-order valence-electron chi connectivity index (χ0n) is 16.2. The molecule has 1 atom stereocenters. The van der Waals surface area contributed by atoms with E-state index in [0.717, 1.165) is 0 Å². The van der Waals surface area contributed by atoms with Crippen LogP contribution in [0.15, 0.2) is 29.2 Å². The fraction of sp³-hybridized carbons (Fsp3) is 0.444. The molecule has 28 heavy (non-hydrogen) atoms. The van der Waals surface area contributed by atoms with E-state index in [2.05, 4.69) is 31.1 Å². The van der Waals surface area contributed by atoms with E-state index in [9.17, 15) is 19.1 Å². The maximum absolute atomic E-state index is 13.9. The van der Waals surface area contributed by atoms with Crippen LogP contribution in [0.4, 0.5) is 21.7 Å². The number of halogens is 1. The van der Waals surface area contributed by atoms with Gasteiger partial charge in [0.15, 0.2) is 5.82 Å². The molecule has 152 valence electrons. The first-order valence-electron chi connectivity index (χ1n) is 8.80. The standard InChI is InChI=1S/C18H25FN6O3/c1-10(2)22-12-7-15(23-14-5-6-16(26)25-24-14)20-8-11(12)17(27)21-9-13(19)18(3,4)28/h5-8,10,13,28H,9H2,1-4H3,(H,21,27)(H,25,26)(H2,20,22,23,24). The molecular formula is C18H25FN6O3. The fourth-order valence-electron chi connectivity index (χ4n) is 2.21. The first-order chi connectivity index (χ1) is 13.1. The van der Waals surface area contributed by atoms with Crippen molar-refractivity contribution in [2.75, 3.05) is 17.2 Å². The maximum Gasteiger partial charge on any atom is 0.264 e. The van der Waals surface area contributed by atoms with E-state index >= 15 is 0 Å². The molecule has 0 radical (unpaired) electrons. The maximum atomic E-state index is 13.9. The van der Waals surface area contributed by atoms with Crippen molar-refractivity contribution in [3.63, 3.8) is 0 Å². The summed E-state index contributed by atoms with van der Waals surface area (Å²) in [6.07, 6.45) is -0.260. The molecule has 2 aromatic heterocycles. The minimum Gasteiger partial charge on any atom is -0.387 e. The molecule has 0 aliphatic carbocycles. The van der Waals surface area contributed by atoms with Crippen molar-refractivity contribution in [3.05, 3.63) is 40.3 Å². The van der Waals surface area contributed by atoms with Crippen LogP contribution in [-0.2, 0) is 0 Å². The molecule has 5 N–H and O–H groups in total. The number of aromatic nitrogens is 3. The van der Waals surface area contributed by atoms with Crippen molar-refractivity contribution >= 4 is 23.2 Å². The Hall–Kier alpha value is -3.01. The van der Waals surface area contributed by atoms with Gasteiger partial charge in [-0.25, -0.2) is 14.5 Å². The summed E-state index contributed by atoms with van der Waals surface area (Å²) in [6.45, 7) is 6.16. The number of aromatic amines is 1. The molecule has 0 fully saturated rings. The van der Waals surface area contributed by atoms with Crippen LogP contribution in [0.1, 0.15) is 38.1 Å². The Balaban J connectivity index is 2.20. The number of rotatable bonds is 8. The van der Waals surface area contributed by atoms with E-state index in [4.69, 9.17) is 0 Å². The van der Waals surface area contributed by atoms with Crippen LogP contribution in [0.25, 0.3) is 0 Å². The van der Waals surface area contributed by atoms with E-state index < -0.39 is 17.7 Å². The summed E-state index contributed by atoms with van der Waals surface area (Å²) in [4.78, 5) is 27.7. The predicted molar refractivity (Wildman–Crippen MR) is 105 cm³/mol. The van der Waals surface area contributed by atoms with Crippen LogP contribution < -0.4 is 21.5 Å². The lowest BCUT2D eigenvalue weighted by Gasteiger charge is -2.23. The number of amides is 1. The molecule has 0 bridgehead atoms. The van der Waals surface area contributed by atoms with Crippen molar-refractivity contribution < 1.29 is 14.3 Å². The molecule has 1 unspecified atom stereocenters. The number of carbonyl (C=O) groups excluding carboxylic acids is 1. The summed E-state index contributed by atoms with van der Waals surface area (Å²) in [5.74, 6) is 0.264. The molecule has 0 aromatic carbocycles. The van der Waals surface area contributed by atoms with Crippen LogP contribution in [0.2, 0.25) is 0 Å². The van der Waals surface area contributed by atoms with Gasteiger partial charge in [-0.1, -0.05) is 0 Å². The highest BCUT2D eigenvalue weighted by molar-refractivity contribution is 5.99.